The number of unbranched alkanes of at least 4 members (excludes halogenated alkanes) is 2. The van der Waals surface area contributed by atoms with Crippen LogP contribution in [0.15, 0.2) is 36.9 Å². The summed E-state index contributed by atoms with van der Waals surface area (Å²) in [6.07, 6.45) is 4.83. The second kappa shape index (κ2) is 7.09. The fourth-order valence-corrected chi connectivity index (χ4v) is 1.40. The lowest BCUT2D eigenvalue weighted by atomic mass is 9.79. The van der Waals surface area contributed by atoms with Crippen LogP contribution in [-0.4, -0.2) is 23.8 Å². The van der Waals surface area contributed by atoms with Gasteiger partial charge in [0.25, 0.3) is 0 Å². The van der Waals surface area contributed by atoms with Gasteiger partial charge in [-0.2, -0.15) is 0 Å². The fraction of sp³-hybridized carbons (Fsp3) is 0.333. The number of benzene rings is 1. The number of hydrogen-bond acceptors (Lipinski definition) is 3. The van der Waals surface area contributed by atoms with Crippen LogP contribution in [0.4, 0.5) is 0 Å². The van der Waals surface area contributed by atoms with E-state index < -0.39 is 7.12 Å². The zero-order valence-corrected chi connectivity index (χ0v) is 9.30. The standard InChI is InChI=1S/C12H17BO3/c1-2-3-4-7-10-16-12-9-6-5-8-11(12)13(14)15/h2,5-6,8-9,14-15H,1,3-4,7,10H2. The minimum Gasteiger partial charge on any atom is -0.494 e. The van der Waals surface area contributed by atoms with Gasteiger partial charge in [-0.3, -0.25) is 0 Å². The molecule has 0 amide bonds. The molecule has 0 bridgehead atoms. The van der Waals surface area contributed by atoms with E-state index in [-0.39, 0.29) is 0 Å². The zero-order valence-electron chi connectivity index (χ0n) is 9.30. The molecule has 86 valence electrons. The van der Waals surface area contributed by atoms with Gasteiger partial charge in [0.2, 0.25) is 0 Å². The van der Waals surface area contributed by atoms with Gasteiger partial charge >= 0.3 is 7.12 Å². The maximum Gasteiger partial charge on any atom is 0.492 e. The summed E-state index contributed by atoms with van der Waals surface area (Å²) in [6, 6.07) is 6.94. The van der Waals surface area contributed by atoms with E-state index in [0.29, 0.717) is 17.8 Å². The van der Waals surface area contributed by atoms with Gasteiger partial charge in [-0.15, -0.1) is 6.58 Å². The molecule has 0 unspecified atom stereocenters. The Labute approximate surface area is 96.5 Å². The molecule has 1 rings (SSSR count). The predicted molar refractivity (Wildman–Crippen MR) is 65.8 cm³/mol. The molecular formula is C12H17BO3. The van der Waals surface area contributed by atoms with E-state index in [9.17, 15) is 0 Å². The first kappa shape index (κ1) is 12.8. The van der Waals surface area contributed by atoms with Crippen LogP contribution in [0.5, 0.6) is 5.75 Å². The van der Waals surface area contributed by atoms with E-state index in [0.717, 1.165) is 19.3 Å². The molecule has 0 heterocycles. The van der Waals surface area contributed by atoms with Gasteiger partial charge in [0.1, 0.15) is 5.75 Å². The topological polar surface area (TPSA) is 49.7 Å². The third-order valence-corrected chi connectivity index (χ3v) is 2.26. The van der Waals surface area contributed by atoms with Crippen molar-refractivity contribution in [2.45, 2.75) is 19.3 Å². The molecule has 0 aliphatic carbocycles. The molecular weight excluding hydrogens is 203 g/mol. The van der Waals surface area contributed by atoms with Crippen LogP contribution in [0.2, 0.25) is 0 Å². The van der Waals surface area contributed by atoms with Crippen LogP contribution in [0.25, 0.3) is 0 Å². The lowest BCUT2D eigenvalue weighted by Crippen LogP contribution is -2.31. The first-order valence-corrected chi connectivity index (χ1v) is 5.44. The van der Waals surface area contributed by atoms with Crippen LogP contribution in [-0.2, 0) is 0 Å². The first-order chi connectivity index (χ1) is 7.75. The number of rotatable bonds is 7. The Balaban J connectivity index is 2.43. The lowest BCUT2D eigenvalue weighted by Gasteiger charge is -2.10. The Morgan fingerprint density at radius 1 is 1.25 bits per heavy atom. The SMILES string of the molecule is C=CCCCCOc1ccccc1B(O)O. The first-order valence-electron chi connectivity index (χ1n) is 5.44. The highest BCUT2D eigenvalue weighted by Gasteiger charge is 2.15. The molecule has 0 saturated heterocycles. The Hall–Kier alpha value is -1.26. The Morgan fingerprint density at radius 2 is 2.00 bits per heavy atom. The van der Waals surface area contributed by atoms with E-state index >= 15 is 0 Å². The summed E-state index contributed by atoms with van der Waals surface area (Å²) in [4.78, 5) is 0. The van der Waals surface area contributed by atoms with Gasteiger partial charge in [0.05, 0.1) is 6.61 Å². The molecule has 0 atom stereocenters. The molecule has 0 aliphatic heterocycles. The van der Waals surface area contributed by atoms with E-state index in [1.807, 2.05) is 12.1 Å². The van der Waals surface area contributed by atoms with Crippen LogP contribution < -0.4 is 10.2 Å². The maximum absolute atomic E-state index is 9.11. The summed E-state index contributed by atoms with van der Waals surface area (Å²) in [5, 5.41) is 18.2. The average Bonchev–Trinajstić information content (AvgIpc) is 2.29. The van der Waals surface area contributed by atoms with Crippen molar-refractivity contribution in [3.8, 4) is 5.75 Å². The molecule has 3 nitrogen and oxygen atoms in total. The third-order valence-electron chi connectivity index (χ3n) is 2.26. The summed E-state index contributed by atoms with van der Waals surface area (Å²) >= 11 is 0. The maximum atomic E-state index is 9.11. The summed E-state index contributed by atoms with van der Waals surface area (Å²) < 4.78 is 5.49. The van der Waals surface area contributed by atoms with E-state index in [1.165, 1.54) is 0 Å². The van der Waals surface area contributed by atoms with Crippen LogP contribution in [0.1, 0.15) is 19.3 Å². The second-order valence-corrected chi connectivity index (χ2v) is 3.54. The average molecular weight is 220 g/mol. The van der Waals surface area contributed by atoms with Crippen molar-refractivity contribution in [2.75, 3.05) is 6.61 Å². The molecule has 0 spiro atoms. The molecule has 1 aromatic carbocycles. The van der Waals surface area contributed by atoms with Crippen molar-refractivity contribution in [1.82, 2.24) is 0 Å². The minimum absolute atomic E-state index is 0.409. The largest absolute Gasteiger partial charge is 0.494 e. The van der Waals surface area contributed by atoms with Gasteiger partial charge in [-0.1, -0.05) is 24.3 Å². The van der Waals surface area contributed by atoms with Crippen molar-refractivity contribution in [1.29, 1.82) is 0 Å². The molecule has 0 fully saturated rings. The fourth-order valence-electron chi connectivity index (χ4n) is 1.40. The molecule has 0 aromatic heterocycles. The predicted octanol–water partition coefficient (Wildman–Crippen LogP) is 1.10. The zero-order chi connectivity index (χ0) is 11.8. The number of ether oxygens (including phenoxy) is 1. The highest BCUT2D eigenvalue weighted by Crippen LogP contribution is 2.08. The van der Waals surface area contributed by atoms with Crippen molar-refractivity contribution in [3.05, 3.63) is 36.9 Å². The normalized spacial score (nSPS) is 9.88. The summed E-state index contributed by atoms with van der Waals surface area (Å²) in [6.45, 7) is 4.23. The summed E-state index contributed by atoms with van der Waals surface area (Å²) in [5.41, 5.74) is 0.409. The quantitative estimate of drug-likeness (QED) is 0.411. The second-order valence-electron chi connectivity index (χ2n) is 3.54. The molecule has 0 saturated carbocycles. The third kappa shape index (κ3) is 4.09. The molecule has 4 heteroatoms. The van der Waals surface area contributed by atoms with Crippen LogP contribution in [0.3, 0.4) is 0 Å². The van der Waals surface area contributed by atoms with Gasteiger partial charge in [0, 0.05) is 5.46 Å². The number of hydrogen-bond donors (Lipinski definition) is 2. The highest BCUT2D eigenvalue weighted by atomic mass is 16.5. The summed E-state index contributed by atoms with van der Waals surface area (Å²) in [5.74, 6) is 0.538. The Bertz CT molecular complexity index is 326. The number of allylic oxidation sites excluding steroid dienone is 1. The van der Waals surface area contributed by atoms with Gasteiger partial charge < -0.3 is 14.8 Å². The smallest absolute Gasteiger partial charge is 0.492 e. The molecule has 0 aliphatic rings. The Morgan fingerprint density at radius 3 is 2.69 bits per heavy atom. The van der Waals surface area contributed by atoms with E-state index in [2.05, 4.69) is 6.58 Å². The number of para-hydroxylation sites is 1. The van der Waals surface area contributed by atoms with E-state index in [1.54, 1.807) is 18.2 Å². The van der Waals surface area contributed by atoms with Gasteiger partial charge in [0.15, 0.2) is 0 Å². The Kier molecular flexibility index (Phi) is 5.68. The van der Waals surface area contributed by atoms with Crippen molar-refractivity contribution >= 4 is 12.6 Å². The van der Waals surface area contributed by atoms with Gasteiger partial charge in [-0.05, 0) is 25.3 Å². The van der Waals surface area contributed by atoms with Crippen molar-refractivity contribution in [2.24, 2.45) is 0 Å². The van der Waals surface area contributed by atoms with Gasteiger partial charge in [-0.25, -0.2) is 0 Å². The van der Waals surface area contributed by atoms with Crippen LogP contribution >= 0.6 is 0 Å². The van der Waals surface area contributed by atoms with Crippen LogP contribution in [0, 0.1) is 0 Å². The summed E-state index contributed by atoms with van der Waals surface area (Å²) in [7, 11) is -1.48. The van der Waals surface area contributed by atoms with Crippen molar-refractivity contribution in [3.63, 3.8) is 0 Å². The molecule has 1 aromatic rings. The molecule has 2 N–H and O–H groups in total. The van der Waals surface area contributed by atoms with E-state index in [4.69, 9.17) is 14.8 Å². The molecule has 16 heavy (non-hydrogen) atoms. The van der Waals surface area contributed by atoms with Crippen molar-refractivity contribution < 1.29 is 14.8 Å². The monoisotopic (exact) mass is 220 g/mol. The lowest BCUT2D eigenvalue weighted by molar-refractivity contribution is 0.308. The highest BCUT2D eigenvalue weighted by molar-refractivity contribution is 6.59. The minimum atomic E-state index is -1.48. The molecule has 0 radical (unpaired) electrons.